The number of nitrogens with zero attached hydrogens (tertiary/aromatic N) is 5. The van der Waals surface area contributed by atoms with E-state index in [1.807, 2.05) is 11.7 Å². The number of thioether (sulfide) groups is 1. The molecule has 2 rings (SSSR count). The van der Waals surface area contributed by atoms with Crippen molar-refractivity contribution in [3.63, 3.8) is 0 Å². The van der Waals surface area contributed by atoms with E-state index in [1.54, 1.807) is 4.90 Å². The van der Waals surface area contributed by atoms with E-state index in [4.69, 9.17) is 5.11 Å². The number of tetrazole rings is 1. The van der Waals surface area contributed by atoms with Crippen LogP contribution in [-0.2, 0) is 4.79 Å². The Balaban J connectivity index is 1.69. The van der Waals surface area contributed by atoms with Crippen LogP contribution in [0.4, 0.5) is 0 Å². The zero-order valence-corrected chi connectivity index (χ0v) is 12.6. The SMILES string of the molecule is CN(CCCCCO)C(=O)CSc1nnnn1C1CC1. The van der Waals surface area contributed by atoms with Crippen molar-refractivity contribution in [2.45, 2.75) is 43.3 Å². The Labute approximate surface area is 122 Å². The van der Waals surface area contributed by atoms with Gasteiger partial charge < -0.3 is 10.0 Å². The summed E-state index contributed by atoms with van der Waals surface area (Å²) in [7, 11) is 1.81. The highest BCUT2D eigenvalue weighted by atomic mass is 32.2. The van der Waals surface area contributed by atoms with Crippen molar-refractivity contribution in [3.8, 4) is 0 Å². The number of carbonyl (C=O) groups is 1. The molecule has 0 aliphatic heterocycles. The molecule has 7 nitrogen and oxygen atoms in total. The first-order valence-corrected chi connectivity index (χ1v) is 7.96. The summed E-state index contributed by atoms with van der Waals surface area (Å²) in [6.07, 6.45) is 4.91. The van der Waals surface area contributed by atoms with Crippen molar-refractivity contribution in [1.29, 1.82) is 0 Å². The molecule has 0 unspecified atom stereocenters. The van der Waals surface area contributed by atoms with E-state index in [2.05, 4.69) is 15.5 Å². The van der Waals surface area contributed by atoms with Gasteiger partial charge in [-0.2, -0.15) is 0 Å². The average molecular weight is 299 g/mol. The number of amides is 1. The number of rotatable bonds is 9. The average Bonchev–Trinajstić information content (AvgIpc) is 3.19. The first kappa shape index (κ1) is 15.2. The second-order valence-electron chi connectivity index (χ2n) is 5.03. The van der Waals surface area contributed by atoms with Gasteiger partial charge in [0.1, 0.15) is 0 Å². The summed E-state index contributed by atoms with van der Waals surface area (Å²) in [4.78, 5) is 13.7. The Morgan fingerprint density at radius 3 is 2.95 bits per heavy atom. The Morgan fingerprint density at radius 1 is 1.45 bits per heavy atom. The standard InChI is InChI=1S/C12H21N5O2S/c1-16(7-3-2-4-8-18)11(19)9-20-12-13-14-15-17(12)10-5-6-10/h10,18H,2-9H2,1H3. The fraction of sp³-hybridized carbons (Fsp3) is 0.833. The van der Waals surface area contributed by atoms with Gasteiger partial charge in [-0.3, -0.25) is 4.79 Å². The molecule has 0 spiro atoms. The van der Waals surface area contributed by atoms with Gasteiger partial charge in [0.25, 0.3) is 0 Å². The highest BCUT2D eigenvalue weighted by molar-refractivity contribution is 7.99. The molecular weight excluding hydrogens is 278 g/mol. The lowest BCUT2D eigenvalue weighted by molar-refractivity contribution is -0.127. The molecular formula is C12H21N5O2S. The lowest BCUT2D eigenvalue weighted by Crippen LogP contribution is -2.29. The predicted molar refractivity (Wildman–Crippen MR) is 75.4 cm³/mol. The number of aliphatic hydroxyl groups is 1. The molecule has 1 aliphatic rings. The molecule has 1 aliphatic carbocycles. The lowest BCUT2D eigenvalue weighted by Gasteiger charge is -2.16. The van der Waals surface area contributed by atoms with E-state index in [0.717, 1.165) is 43.8 Å². The minimum atomic E-state index is 0.0874. The molecule has 1 fully saturated rings. The highest BCUT2D eigenvalue weighted by Crippen LogP contribution is 2.36. The maximum absolute atomic E-state index is 12.0. The first-order valence-electron chi connectivity index (χ1n) is 6.98. The van der Waals surface area contributed by atoms with Gasteiger partial charge in [0.15, 0.2) is 0 Å². The normalized spacial score (nSPS) is 14.5. The number of hydrogen-bond donors (Lipinski definition) is 1. The second-order valence-corrected chi connectivity index (χ2v) is 5.97. The summed E-state index contributed by atoms with van der Waals surface area (Å²) in [5, 5.41) is 21.0. The molecule has 112 valence electrons. The van der Waals surface area contributed by atoms with Crippen molar-refractivity contribution >= 4 is 17.7 Å². The van der Waals surface area contributed by atoms with E-state index in [1.165, 1.54) is 11.8 Å². The van der Waals surface area contributed by atoms with Gasteiger partial charge in [-0.25, -0.2) is 4.68 Å². The van der Waals surface area contributed by atoms with E-state index in [9.17, 15) is 4.79 Å². The molecule has 1 aromatic heterocycles. The quantitative estimate of drug-likeness (QED) is 0.534. The van der Waals surface area contributed by atoms with Gasteiger partial charge in [0.05, 0.1) is 11.8 Å². The van der Waals surface area contributed by atoms with Crippen LogP contribution in [0.25, 0.3) is 0 Å². The van der Waals surface area contributed by atoms with Crippen LogP contribution in [0.5, 0.6) is 0 Å². The monoisotopic (exact) mass is 299 g/mol. The summed E-state index contributed by atoms with van der Waals surface area (Å²) in [6, 6.07) is 0.429. The van der Waals surface area contributed by atoms with Crippen LogP contribution in [0.15, 0.2) is 5.16 Å². The zero-order valence-electron chi connectivity index (χ0n) is 11.7. The van der Waals surface area contributed by atoms with Crippen molar-refractivity contribution < 1.29 is 9.90 Å². The largest absolute Gasteiger partial charge is 0.396 e. The molecule has 1 aromatic rings. The number of unbranched alkanes of at least 4 members (excludes halogenated alkanes) is 2. The molecule has 0 radical (unpaired) electrons. The summed E-state index contributed by atoms with van der Waals surface area (Å²) in [6.45, 7) is 0.949. The van der Waals surface area contributed by atoms with Crippen molar-refractivity contribution in [2.24, 2.45) is 0 Å². The third kappa shape index (κ3) is 4.45. The fourth-order valence-corrected chi connectivity index (χ4v) is 2.71. The molecule has 0 aromatic carbocycles. The summed E-state index contributed by atoms with van der Waals surface area (Å²) < 4.78 is 1.82. The maximum atomic E-state index is 12.0. The summed E-state index contributed by atoms with van der Waals surface area (Å²) >= 11 is 1.40. The van der Waals surface area contributed by atoms with E-state index in [0.29, 0.717) is 11.8 Å². The fourth-order valence-electron chi connectivity index (χ4n) is 1.83. The summed E-state index contributed by atoms with van der Waals surface area (Å²) in [5.41, 5.74) is 0. The Hall–Kier alpha value is -1.15. The molecule has 1 heterocycles. The molecule has 1 amide bonds. The van der Waals surface area contributed by atoms with Gasteiger partial charge in [0.2, 0.25) is 11.1 Å². The molecule has 0 atom stereocenters. The van der Waals surface area contributed by atoms with Gasteiger partial charge in [0, 0.05) is 20.2 Å². The smallest absolute Gasteiger partial charge is 0.232 e. The van der Waals surface area contributed by atoms with Crippen LogP contribution >= 0.6 is 11.8 Å². The Bertz CT molecular complexity index is 435. The lowest BCUT2D eigenvalue weighted by atomic mass is 10.2. The molecule has 20 heavy (non-hydrogen) atoms. The van der Waals surface area contributed by atoms with Crippen LogP contribution in [-0.4, -0.2) is 62.1 Å². The number of aromatic nitrogens is 4. The van der Waals surface area contributed by atoms with Crippen LogP contribution in [0.3, 0.4) is 0 Å². The first-order chi connectivity index (χ1) is 9.72. The van der Waals surface area contributed by atoms with Crippen molar-refractivity contribution in [2.75, 3.05) is 26.0 Å². The zero-order chi connectivity index (χ0) is 14.4. The molecule has 0 saturated heterocycles. The number of aliphatic hydroxyl groups excluding tert-OH is 1. The van der Waals surface area contributed by atoms with Crippen LogP contribution in [0, 0.1) is 0 Å². The predicted octanol–water partition coefficient (Wildman–Crippen LogP) is 0.721. The Kier molecular flexibility index (Phi) is 5.78. The van der Waals surface area contributed by atoms with E-state index >= 15 is 0 Å². The Morgan fingerprint density at radius 2 is 2.25 bits per heavy atom. The van der Waals surface area contributed by atoms with Gasteiger partial charge in [-0.1, -0.05) is 11.8 Å². The molecule has 8 heteroatoms. The minimum absolute atomic E-state index is 0.0874. The van der Waals surface area contributed by atoms with Gasteiger partial charge >= 0.3 is 0 Å². The van der Waals surface area contributed by atoms with Crippen LogP contribution < -0.4 is 0 Å². The van der Waals surface area contributed by atoms with Crippen LogP contribution in [0.2, 0.25) is 0 Å². The minimum Gasteiger partial charge on any atom is -0.396 e. The third-order valence-electron chi connectivity index (χ3n) is 3.26. The van der Waals surface area contributed by atoms with E-state index in [-0.39, 0.29) is 12.5 Å². The van der Waals surface area contributed by atoms with E-state index < -0.39 is 0 Å². The van der Waals surface area contributed by atoms with Crippen LogP contribution in [0.1, 0.15) is 38.1 Å². The van der Waals surface area contributed by atoms with Crippen molar-refractivity contribution in [3.05, 3.63) is 0 Å². The number of hydrogen-bond acceptors (Lipinski definition) is 6. The molecule has 1 N–H and O–H groups in total. The highest BCUT2D eigenvalue weighted by Gasteiger charge is 2.28. The second kappa shape index (κ2) is 7.58. The molecule has 0 bridgehead atoms. The van der Waals surface area contributed by atoms with Crippen molar-refractivity contribution in [1.82, 2.24) is 25.1 Å². The third-order valence-corrected chi connectivity index (χ3v) is 4.18. The topological polar surface area (TPSA) is 84.1 Å². The van der Waals surface area contributed by atoms with Gasteiger partial charge in [-0.05, 0) is 42.5 Å². The van der Waals surface area contributed by atoms with Gasteiger partial charge in [-0.15, -0.1) is 5.10 Å². The summed E-state index contributed by atoms with van der Waals surface area (Å²) in [5.74, 6) is 0.452. The number of carbonyl (C=O) groups excluding carboxylic acids is 1. The maximum Gasteiger partial charge on any atom is 0.232 e. The molecule has 1 saturated carbocycles.